The van der Waals surface area contributed by atoms with Crippen LogP contribution in [0.1, 0.15) is 44.7 Å². The molecule has 4 atom stereocenters. The number of hydrogen-bond donors (Lipinski definition) is 8. The third kappa shape index (κ3) is 10.4. The second kappa shape index (κ2) is 14.6. The molecule has 0 saturated heterocycles. The highest BCUT2D eigenvalue weighted by molar-refractivity contribution is 5.94. The number of H-pyrrole nitrogens is 1. The Bertz CT molecular complexity index is 831. The summed E-state index contributed by atoms with van der Waals surface area (Å²) in [6, 6.07) is -4.46. The molecule has 0 spiro atoms. The molecule has 1 rings (SSSR count). The Labute approximate surface area is 196 Å². The SMILES string of the molecule is CC(NC(=O)C(CCCCN)NC(=O)C(CCC(N)=O)NC(=O)C(N)Cc1cnc[nH]1)C(=O)O. The summed E-state index contributed by atoms with van der Waals surface area (Å²) < 4.78 is 0. The van der Waals surface area contributed by atoms with Crippen molar-refractivity contribution in [2.24, 2.45) is 17.2 Å². The lowest BCUT2D eigenvalue weighted by molar-refractivity contribution is -0.141. The number of aromatic amines is 1. The second-order valence-corrected chi connectivity index (χ2v) is 7.87. The van der Waals surface area contributed by atoms with Crippen molar-refractivity contribution in [2.45, 2.75) is 69.6 Å². The van der Waals surface area contributed by atoms with Crippen molar-refractivity contribution < 1.29 is 29.1 Å². The number of amides is 4. The maximum Gasteiger partial charge on any atom is 0.325 e. The summed E-state index contributed by atoms with van der Waals surface area (Å²) in [6.07, 6.45) is 4.02. The van der Waals surface area contributed by atoms with Crippen LogP contribution in [0, 0.1) is 0 Å². The molecule has 11 N–H and O–H groups in total. The van der Waals surface area contributed by atoms with Crippen LogP contribution in [0.3, 0.4) is 0 Å². The molecule has 0 aliphatic rings. The smallest absolute Gasteiger partial charge is 0.325 e. The molecule has 14 nitrogen and oxygen atoms in total. The van der Waals surface area contributed by atoms with Gasteiger partial charge in [0.1, 0.15) is 18.1 Å². The van der Waals surface area contributed by atoms with Crippen LogP contribution >= 0.6 is 0 Å². The minimum absolute atomic E-state index is 0.119. The number of imidazole rings is 1. The molecule has 4 unspecified atom stereocenters. The van der Waals surface area contributed by atoms with Crippen LogP contribution in [0.15, 0.2) is 12.5 Å². The van der Waals surface area contributed by atoms with Crippen molar-refractivity contribution in [3.8, 4) is 0 Å². The molecule has 0 bridgehead atoms. The van der Waals surface area contributed by atoms with Crippen molar-refractivity contribution in [1.29, 1.82) is 0 Å². The number of carboxylic acids is 1. The Morgan fingerprint density at radius 3 is 2.21 bits per heavy atom. The lowest BCUT2D eigenvalue weighted by Crippen LogP contribution is -2.57. The first-order chi connectivity index (χ1) is 16.0. The molecule has 1 aromatic heterocycles. The summed E-state index contributed by atoms with van der Waals surface area (Å²) in [5.41, 5.74) is 17.2. The van der Waals surface area contributed by atoms with Crippen molar-refractivity contribution in [1.82, 2.24) is 25.9 Å². The summed E-state index contributed by atoms with van der Waals surface area (Å²) in [5.74, 6) is -4.00. The molecule has 0 aliphatic carbocycles. The van der Waals surface area contributed by atoms with E-state index < -0.39 is 53.8 Å². The minimum Gasteiger partial charge on any atom is -0.480 e. The van der Waals surface area contributed by atoms with Gasteiger partial charge in [0.05, 0.1) is 12.4 Å². The standard InChI is InChI=1S/C20H34N8O6/c1-11(20(33)34)26-18(31)14(4-2-3-7-21)28-19(32)15(5-6-16(23)29)27-17(30)13(22)8-12-9-24-10-25-12/h9-11,13-15H,2-8,21-22H2,1H3,(H2,23,29)(H,24,25)(H,26,31)(H,27,30)(H,28,32)(H,33,34). The van der Waals surface area contributed by atoms with E-state index in [1.54, 1.807) is 0 Å². The zero-order chi connectivity index (χ0) is 25.7. The van der Waals surface area contributed by atoms with Gasteiger partial charge in [0, 0.05) is 24.7 Å². The third-order valence-corrected chi connectivity index (χ3v) is 4.95. The highest BCUT2D eigenvalue weighted by Crippen LogP contribution is 2.06. The van der Waals surface area contributed by atoms with Crippen molar-refractivity contribution in [3.63, 3.8) is 0 Å². The summed E-state index contributed by atoms with van der Waals surface area (Å²) in [5, 5.41) is 16.4. The molecule has 0 radical (unpaired) electrons. The molecular weight excluding hydrogens is 448 g/mol. The normalized spacial score (nSPS) is 14.3. The van der Waals surface area contributed by atoms with Gasteiger partial charge in [-0.2, -0.15) is 0 Å². The van der Waals surface area contributed by atoms with Gasteiger partial charge in [-0.15, -0.1) is 0 Å². The highest BCUT2D eigenvalue weighted by Gasteiger charge is 2.29. The first-order valence-electron chi connectivity index (χ1n) is 10.9. The predicted octanol–water partition coefficient (Wildman–Crippen LogP) is -2.77. The maximum absolute atomic E-state index is 12.9. The number of nitrogens with zero attached hydrogens (tertiary/aromatic N) is 1. The van der Waals surface area contributed by atoms with Crippen LogP contribution in [0.4, 0.5) is 0 Å². The lowest BCUT2D eigenvalue weighted by atomic mass is 10.0. The number of nitrogens with two attached hydrogens (primary N) is 3. The number of carbonyl (C=O) groups excluding carboxylic acids is 4. The van der Waals surface area contributed by atoms with E-state index in [1.807, 2.05) is 0 Å². The zero-order valence-corrected chi connectivity index (χ0v) is 19.1. The summed E-state index contributed by atoms with van der Waals surface area (Å²) >= 11 is 0. The van der Waals surface area contributed by atoms with Crippen LogP contribution in [-0.4, -0.2) is 75.4 Å². The number of aliphatic carboxylic acids is 1. The fourth-order valence-corrected chi connectivity index (χ4v) is 2.97. The maximum atomic E-state index is 12.9. The van der Waals surface area contributed by atoms with Crippen LogP contribution in [-0.2, 0) is 30.4 Å². The van der Waals surface area contributed by atoms with Gasteiger partial charge in [-0.25, -0.2) is 4.98 Å². The van der Waals surface area contributed by atoms with Gasteiger partial charge < -0.3 is 43.2 Å². The Morgan fingerprint density at radius 1 is 1.03 bits per heavy atom. The van der Waals surface area contributed by atoms with Gasteiger partial charge in [0.25, 0.3) is 0 Å². The largest absolute Gasteiger partial charge is 0.480 e. The molecule has 190 valence electrons. The van der Waals surface area contributed by atoms with Crippen molar-refractivity contribution in [2.75, 3.05) is 6.54 Å². The first-order valence-corrected chi connectivity index (χ1v) is 10.9. The van der Waals surface area contributed by atoms with Gasteiger partial charge >= 0.3 is 5.97 Å². The molecule has 0 aliphatic heterocycles. The molecule has 1 aromatic rings. The average molecular weight is 483 g/mol. The highest BCUT2D eigenvalue weighted by atomic mass is 16.4. The average Bonchev–Trinajstić information content (AvgIpc) is 3.28. The number of aromatic nitrogens is 2. The zero-order valence-electron chi connectivity index (χ0n) is 19.1. The van der Waals surface area contributed by atoms with E-state index in [4.69, 9.17) is 22.3 Å². The van der Waals surface area contributed by atoms with Crippen molar-refractivity contribution >= 4 is 29.6 Å². The van der Waals surface area contributed by atoms with Gasteiger partial charge in [0.2, 0.25) is 23.6 Å². The topological polar surface area (TPSA) is 248 Å². The van der Waals surface area contributed by atoms with E-state index in [0.717, 1.165) is 0 Å². The van der Waals surface area contributed by atoms with Gasteiger partial charge in [0.15, 0.2) is 0 Å². The van der Waals surface area contributed by atoms with Crippen molar-refractivity contribution in [3.05, 3.63) is 18.2 Å². The number of unbranched alkanes of at least 4 members (excludes halogenated alkanes) is 1. The van der Waals surface area contributed by atoms with E-state index in [9.17, 15) is 24.0 Å². The molecule has 0 fully saturated rings. The first kappa shape index (κ1) is 28.5. The van der Waals surface area contributed by atoms with E-state index in [2.05, 4.69) is 25.9 Å². The van der Waals surface area contributed by atoms with Gasteiger partial charge in [-0.3, -0.25) is 24.0 Å². The number of carbonyl (C=O) groups is 5. The summed E-state index contributed by atoms with van der Waals surface area (Å²) in [4.78, 5) is 67.1. The molecule has 14 heteroatoms. The molecule has 0 saturated carbocycles. The quantitative estimate of drug-likeness (QED) is 0.113. The third-order valence-electron chi connectivity index (χ3n) is 4.95. The summed E-state index contributed by atoms with van der Waals surface area (Å²) in [7, 11) is 0. The van der Waals surface area contributed by atoms with E-state index in [1.165, 1.54) is 19.4 Å². The number of rotatable bonds is 16. The fourth-order valence-electron chi connectivity index (χ4n) is 2.97. The Morgan fingerprint density at radius 2 is 1.65 bits per heavy atom. The van der Waals surface area contributed by atoms with Crippen LogP contribution < -0.4 is 33.2 Å². The molecule has 0 aromatic carbocycles. The summed E-state index contributed by atoms with van der Waals surface area (Å²) in [6.45, 7) is 1.66. The molecule has 4 amide bonds. The fraction of sp³-hybridized carbons (Fsp3) is 0.600. The Balaban J connectivity index is 2.91. The van der Waals surface area contributed by atoms with E-state index >= 15 is 0 Å². The number of hydrogen-bond acceptors (Lipinski definition) is 8. The Kier molecular flexibility index (Phi) is 12.2. The number of primary amides is 1. The van der Waals surface area contributed by atoms with Crippen LogP contribution in [0.25, 0.3) is 0 Å². The minimum atomic E-state index is -1.24. The lowest BCUT2D eigenvalue weighted by Gasteiger charge is -2.24. The van der Waals surface area contributed by atoms with Crippen LogP contribution in [0.2, 0.25) is 0 Å². The monoisotopic (exact) mass is 482 g/mol. The van der Waals surface area contributed by atoms with Gasteiger partial charge in [-0.1, -0.05) is 0 Å². The van der Waals surface area contributed by atoms with E-state index in [-0.39, 0.29) is 25.7 Å². The Hall–Kier alpha value is -3.52. The molecule has 1 heterocycles. The molecular formula is C20H34N8O6. The number of nitrogens with one attached hydrogen (secondary N) is 4. The second-order valence-electron chi connectivity index (χ2n) is 7.87. The molecule has 34 heavy (non-hydrogen) atoms. The van der Waals surface area contributed by atoms with E-state index in [0.29, 0.717) is 25.1 Å². The van der Waals surface area contributed by atoms with Crippen LogP contribution in [0.5, 0.6) is 0 Å². The number of carboxylic acid groups (broad SMARTS) is 1. The van der Waals surface area contributed by atoms with Gasteiger partial charge in [-0.05, 0) is 39.2 Å². The predicted molar refractivity (Wildman–Crippen MR) is 121 cm³/mol.